The zero-order chi connectivity index (χ0) is 8.10. The van der Waals surface area contributed by atoms with Gasteiger partial charge in [0.2, 0.25) is 0 Å². The molecule has 0 spiro atoms. The largest absolute Gasteiger partial charge is 0.360 e. The minimum Gasteiger partial charge on any atom is -0.360 e. The van der Waals surface area contributed by atoms with Gasteiger partial charge in [-0.15, -0.1) is 0 Å². The Morgan fingerprint density at radius 2 is 2.18 bits per heavy atom. The van der Waals surface area contributed by atoms with Gasteiger partial charge in [-0.05, 0) is 18.7 Å². The highest BCUT2D eigenvalue weighted by molar-refractivity contribution is 6.24. The van der Waals surface area contributed by atoms with E-state index in [9.17, 15) is 0 Å². The minimum atomic E-state index is 1.10. The predicted octanol–water partition coefficient (Wildman–Crippen LogP) is -1.51. The number of nitrogens with zero attached hydrogens (tertiary/aromatic N) is 2. The molecule has 0 saturated carbocycles. The van der Waals surface area contributed by atoms with Gasteiger partial charge in [0.05, 0.1) is 20.8 Å². The van der Waals surface area contributed by atoms with Crippen LogP contribution in [0.25, 0.3) is 0 Å². The van der Waals surface area contributed by atoms with Crippen molar-refractivity contribution in [2.24, 2.45) is 0 Å². The second-order valence-corrected chi connectivity index (χ2v) is 7.72. The van der Waals surface area contributed by atoms with Crippen molar-refractivity contribution in [3.63, 3.8) is 0 Å². The van der Waals surface area contributed by atoms with Crippen LogP contribution in [0, 0.1) is 0 Å². The minimum absolute atomic E-state index is 1.10. The summed E-state index contributed by atoms with van der Waals surface area (Å²) in [7, 11) is 2.39. The lowest BCUT2D eigenvalue weighted by Crippen LogP contribution is -2.19. The first-order valence-corrected chi connectivity index (χ1v) is 5.62. The summed E-state index contributed by atoms with van der Waals surface area (Å²) in [6.45, 7) is 1.19. The summed E-state index contributed by atoms with van der Waals surface area (Å²) in [6.07, 6.45) is 2.97. The van der Waals surface area contributed by atoms with Crippen molar-refractivity contribution in [2.45, 2.75) is 6.42 Å². The smallest absolute Gasteiger partial charge is 0.0698 e. The molecule has 11 heavy (non-hydrogen) atoms. The number of rotatable bonds is 3. The summed E-state index contributed by atoms with van der Waals surface area (Å²) in [5, 5.41) is 0. The van der Waals surface area contributed by atoms with E-state index in [1.165, 1.54) is 33.0 Å². The molecule has 0 radical (unpaired) electrons. The second kappa shape index (κ2) is 4.43. The highest BCUT2D eigenvalue weighted by atomic mass is 28.2. The molecule has 0 aliphatic carbocycles. The SMILES string of the molecule is [SiH3]N([SiH3])CCc1ccccn1. The Kier molecular flexibility index (Phi) is 3.48. The lowest BCUT2D eigenvalue weighted by atomic mass is 10.3. The van der Waals surface area contributed by atoms with E-state index in [0.717, 1.165) is 6.42 Å². The van der Waals surface area contributed by atoms with Crippen LogP contribution in [0.15, 0.2) is 24.4 Å². The first-order valence-electron chi connectivity index (χ1n) is 3.83. The fraction of sp³-hybridized carbons (Fsp3) is 0.286. The summed E-state index contributed by atoms with van der Waals surface area (Å²) >= 11 is 0. The van der Waals surface area contributed by atoms with Crippen LogP contribution in [0.5, 0.6) is 0 Å². The van der Waals surface area contributed by atoms with Gasteiger partial charge in [-0.3, -0.25) is 4.98 Å². The first-order chi connectivity index (χ1) is 5.29. The highest BCUT2D eigenvalue weighted by Crippen LogP contribution is 1.94. The van der Waals surface area contributed by atoms with E-state index in [0.29, 0.717) is 0 Å². The molecule has 0 unspecified atom stereocenters. The predicted molar refractivity (Wildman–Crippen MR) is 54.5 cm³/mol. The van der Waals surface area contributed by atoms with Gasteiger partial charge in [0.1, 0.15) is 0 Å². The molecule has 0 atom stereocenters. The maximum Gasteiger partial charge on any atom is 0.0698 e. The number of hydrogen-bond donors (Lipinski definition) is 0. The van der Waals surface area contributed by atoms with Gasteiger partial charge >= 0.3 is 0 Å². The molecule has 2 nitrogen and oxygen atoms in total. The molecule has 1 heterocycles. The number of aromatic nitrogens is 1. The van der Waals surface area contributed by atoms with Crippen LogP contribution in [0.1, 0.15) is 5.69 Å². The van der Waals surface area contributed by atoms with Crippen molar-refractivity contribution in [3.8, 4) is 0 Å². The van der Waals surface area contributed by atoms with Gasteiger partial charge in [0.25, 0.3) is 0 Å². The molecule has 0 saturated heterocycles. The van der Waals surface area contributed by atoms with Crippen molar-refractivity contribution >= 4 is 20.8 Å². The zero-order valence-corrected chi connectivity index (χ0v) is 11.1. The van der Waals surface area contributed by atoms with Gasteiger partial charge in [-0.2, -0.15) is 0 Å². The molecule has 1 aromatic heterocycles. The van der Waals surface area contributed by atoms with Gasteiger partial charge in [-0.25, -0.2) is 0 Å². The average Bonchev–Trinajstić information content (AvgIpc) is 2.03. The topological polar surface area (TPSA) is 16.1 Å². The Labute approximate surface area is 73.6 Å². The van der Waals surface area contributed by atoms with Gasteiger partial charge in [0.15, 0.2) is 0 Å². The molecular formula is C7H14N2Si2. The van der Waals surface area contributed by atoms with Crippen LogP contribution < -0.4 is 0 Å². The molecule has 0 N–H and O–H groups in total. The van der Waals surface area contributed by atoms with Crippen LogP contribution in [-0.2, 0) is 6.42 Å². The van der Waals surface area contributed by atoms with E-state index in [4.69, 9.17) is 0 Å². The normalized spacial score (nSPS) is 11.0. The third-order valence-corrected chi connectivity index (χ3v) is 2.44. The first kappa shape index (κ1) is 8.64. The van der Waals surface area contributed by atoms with E-state index >= 15 is 0 Å². The quantitative estimate of drug-likeness (QED) is 0.528. The Morgan fingerprint density at radius 1 is 1.36 bits per heavy atom. The Morgan fingerprint density at radius 3 is 2.73 bits per heavy atom. The molecule has 1 rings (SSSR count). The fourth-order valence-electron chi connectivity index (χ4n) is 0.884. The summed E-state index contributed by atoms with van der Waals surface area (Å²) in [6, 6.07) is 6.10. The Bertz CT molecular complexity index is 201. The Hall–Kier alpha value is -0.456. The van der Waals surface area contributed by atoms with Crippen LogP contribution in [0.2, 0.25) is 0 Å². The lowest BCUT2D eigenvalue weighted by molar-refractivity contribution is 0.681. The zero-order valence-electron chi connectivity index (χ0n) is 7.12. The molecule has 0 bridgehead atoms. The third-order valence-electron chi connectivity index (χ3n) is 1.54. The van der Waals surface area contributed by atoms with Crippen LogP contribution in [0.4, 0.5) is 0 Å². The van der Waals surface area contributed by atoms with Crippen molar-refractivity contribution in [1.29, 1.82) is 0 Å². The Balaban J connectivity index is 2.39. The van der Waals surface area contributed by atoms with Gasteiger partial charge in [0, 0.05) is 18.3 Å². The van der Waals surface area contributed by atoms with Crippen LogP contribution in [-0.4, -0.2) is 36.6 Å². The second-order valence-electron chi connectivity index (χ2n) is 2.87. The van der Waals surface area contributed by atoms with Crippen molar-refractivity contribution in [2.75, 3.05) is 6.54 Å². The summed E-state index contributed by atoms with van der Waals surface area (Å²) in [5.41, 5.74) is 1.21. The molecule has 0 fully saturated rings. The summed E-state index contributed by atoms with van der Waals surface area (Å²) in [4.78, 5) is 4.25. The van der Waals surface area contributed by atoms with E-state index in [1.54, 1.807) is 0 Å². The van der Waals surface area contributed by atoms with Gasteiger partial charge < -0.3 is 4.23 Å². The monoisotopic (exact) mass is 182 g/mol. The molecule has 0 aliphatic rings. The number of hydrogen-bond acceptors (Lipinski definition) is 2. The van der Waals surface area contributed by atoms with E-state index in [1.807, 2.05) is 18.3 Å². The van der Waals surface area contributed by atoms with Gasteiger partial charge in [-0.1, -0.05) is 6.07 Å². The highest BCUT2D eigenvalue weighted by Gasteiger charge is 1.92. The van der Waals surface area contributed by atoms with E-state index in [-0.39, 0.29) is 0 Å². The standard InChI is InChI=1S/C7H14N2Si2/c10-9(11)6-4-7-3-1-2-5-8-7/h1-3,5H,4,6H2,10-11H3. The molecule has 0 aromatic carbocycles. The van der Waals surface area contributed by atoms with Crippen molar-refractivity contribution in [1.82, 2.24) is 9.22 Å². The molecular weight excluding hydrogens is 168 g/mol. The van der Waals surface area contributed by atoms with Crippen molar-refractivity contribution in [3.05, 3.63) is 30.1 Å². The van der Waals surface area contributed by atoms with Crippen molar-refractivity contribution < 1.29 is 0 Å². The molecule has 0 aliphatic heterocycles. The summed E-state index contributed by atoms with van der Waals surface area (Å²) < 4.78 is 2.44. The fourth-order valence-corrected chi connectivity index (χ4v) is 1.33. The molecule has 60 valence electrons. The summed E-state index contributed by atoms with van der Waals surface area (Å²) in [5.74, 6) is 0. The van der Waals surface area contributed by atoms with E-state index in [2.05, 4.69) is 15.3 Å². The van der Waals surface area contributed by atoms with Crippen LogP contribution >= 0.6 is 0 Å². The molecule has 4 heteroatoms. The molecule has 0 amide bonds. The third kappa shape index (κ3) is 3.45. The van der Waals surface area contributed by atoms with E-state index < -0.39 is 0 Å². The average molecular weight is 182 g/mol. The van der Waals surface area contributed by atoms with Crippen LogP contribution in [0.3, 0.4) is 0 Å². The molecule has 1 aromatic rings. The maximum atomic E-state index is 4.25. The lowest BCUT2D eigenvalue weighted by Gasteiger charge is -2.08. The number of pyridine rings is 1. The maximum absolute atomic E-state index is 4.25.